The van der Waals surface area contributed by atoms with Gasteiger partial charge in [-0.15, -0.1) is 0 Å². The van der Waals surface area contributed by atoms with Gasteiger partial charge in [0.25, 0.3) is 5.56 Å². The first kappa shape index (κ1) is 21.4. The van der Waals surface area contributed by atoms with E-state index in [9.17, 15) is 14.4 Å². The zero-order valence-electron chi connectivity index (χ0n) is 17.5. The Bertz CT molecular complexity index is 1460. The van der Waals surface area contributed by atoms with Crippen molar-refractivity contribution in [2.75, 3.05) is 22.5 Å². The predicted molar refractivity (Wildman–Crippen MR) is 122 cm³/mol. The average Bonchev–Trinajstić information content (AvgIpc) is 2.80. The summed E-state index contributed by atoms with van der Waals surface area (Å²) in [5, 5.41) is 12.6. The van der Waals surface area contributed by atoms with Crippen LogP contribution in [-0.4, -0.2) is 24.5 Å². The van der Waals surface area contributed by atoms with E-state index >= 15 is 0 Å². The summed E-state index contributed by atoms with van der Waals surface area (Å²) in [6.45, 7) is 1.85. The monoisotopic (exact) mass is 446 g/mol. The van der Waals surface area contributed by atoms with Crippen molar-refractivity contribution in [2.45, 2.75) is 19.4 Å². The quantitative estimate of drug-likeness (QED) is 0.352. The van der Waals surface area contributed by atoms with Crippen molar-refractivity contribution in [1.29, 1.82) is 5.26 Å². The lowest BCUT2D eigenvalue weighted by atomic mass is 10.1. The second-order valence-electron chi connectivity index (χ2n) is 7.12. The molecule has 4 rings (SSSR count). The highest BCUT2D eigenvalue weighted by molar-refractivity contribution is 5.84. The normalized spacial score (nSPS) is 11.8. The molecule has 166 valence electrons. The molecule has 0 spiro atoms. The highest BCUT2D eigenvalue weighted by Gasteiger charge is 2.23. The summed E-state index contributed by atoms with van der Waals surface area (Å²) in [5.41, 5.74) is 17.5. The van der Waals surface area contributed by atoms with Crippen LogP contribution < -0.4 is 28.1 Å². The van der Waals surface area contributed by atoms with E-state index in [4.69, 9.17) is 17.2 Å². The first-order valence-electron chi connectivity index (χ1n) is 9.85. The zero-order valence-corrected chi connectivity index (χ0v) is 17.5. The van der Waals surface area contributed by atoms with Gasteiger partial charge in [0.05, 0.1) is 34.4 Å². The summed E-state index contributed by atoms with van der Waals surface area (Å²) >= 11 is 0. The van der Waals surface area contributed by atoms with Gasteiger partial charge in [0.1, 0.15) is 23.4 Å². The number of anilines is 4. The van der Waals surface area contributed by atoms with Gasteiger partial charge in [0.2, 0.25) is 5.95 Å². The third-order valence-corrected chi connectivity index (χ3v) is 5.01. The predicted octanol–water partition coefficient (Wildman–Crippen LogP) is 1.89. The summed E-state index contributed by atoms with van der Waals surface area (Å²) in [4.78, 5) is 30.1. The Kier molecular flexibility index (Phi) is 5.45. The van der Waals surface area contributed by atoms with Crippen LogP contribution in [0.4, 0.5) is 27.7 Å². The van der Waals surface area contributed by atoms with Gasteiger partial charge in [-0.05, 0) is 30.7 Å². The number of aromatic nitrogens is 5. The molecule has 0 saturated carbocycles. The van der Waals surface area contributed by atoms with Crippen LogP contribution in [0.3, 0.4) is 0 Å². The van der Waals surface area contributed by atoms with E-state index in [1.54, 1.807) is 18.3 Å². The van der Waals surface area contributed by atoms with Gasteiger partial charge >= 0.3 is 0 Å². The Balaban J connectivity index is 2.01. The van der Waals surface area contributed by atoms with Crippen molar-refractivity contribution in [1.82, 2.24) is 24.5 Å². The van der Waals surface area contributed by atoms with Crippen LogP contribution in [0.5, 0.6) is 0 Å². The van der Waals surface area contributed by atoms with Gasteiger partial charge in [-0.2, -0.15) is 15.2 Å². The Morgan fingerprint density at radius 3 is 2.70 bits per heavy atom. The van der Waals surface area contributed by atoms with Crippen molar-refractivity contribution in [2.24, 2.45) is 0 Å². The topological polar surface area (TPSA) is 187 Å². The van der Waals surface area contributed by atoms with Crippen LogP contribution >= 0.6 is 0 Å². The molecule has 0 aliphatic heterocycles. The minimum absolute atomic E-state index is 0.00165. The van der Waals surface area contributed by atoms with Crippen LogP contribution in [0.15, 0.2) is 41.5 Å². The van der Waals surface area contributed by atoms with Gasteiger partial charge in [0, 0.05) is 6.20 Å². The summed E-state index contributed by atoms with van der Waals surface area (Å²) in [6, 6.07) is 6.67. The lowest BCUT2D eigenvalue weighted by Gasteiger charge is -2.23. The molecular weight excluding hydrogens is 427 g/mol. The molecule has 33 heavy (non-hydrogen) atoms. The van der Waals surface area contributed by atoms with E-state index in [0.29, 0.717) is 12.1 Å². The fraction of sp³-hybridized carbons (Fsp3) is 0.143. The number of nitrogens with two attached hydrogens (primary N) is 3. The number of hydrogen-bond acceptors (Lipinski definition) is 10. The Hall–Kier alpha value is -4.79. The molecule has 12 heteroatoms. The van der Waals surface area contributed by atoms with Gasteiger partial charge < -0.3 is 22.5 Å². The van der Waals surface area contributed by atoms with Crippen molar-refractivity contribution < 1.29 is 4.39 Å². The van der Waals surface area contributed by atoms with Gasteiger partial charge in [-0.25, -0.2) is 9.37 Å². The summed E-state index contributed by atoms with van der Waals surface area (Å²) in [7, 11) is 0. The van der Waals surface area contributed by atoms with Gasteiger partial charge in [-0.3, -0.25) is 14.3 Å². The van der Waals surface area contributed by atoms with Gasteiger partial charge in [0.15, 0.2) is 11.6 Å². The molecule has 3 aromatic heterocycles. The molecule has 0 bridgehead atoms. The fourth-order valence-electron chi connectivity index (χ4n) is 3.46. The molecule has 0 aliphatic rings. The smallest absolute Gasteiger partial charge is 0.266 e. The van der Waals surface area contributed by atoms with E-state index in [1.807, 2.05) is 13.0 Å². The van der Waals surface area contributed by atoms with E-state index in [2.05, 4.69) is 25.3 Å². The molecule has 1 aromatic carbocycles. The number of hydrogen-bond donors (Lipinski definition) is 4. The number of nitrogen functional groups attached to an aromatic ring is 3. The maximum absolute atomic E-state index is 14.1. The average molecular weight is 446 g/mol. The molecule has 0 fully saturated rings. The minimum Gasteiger partial charge on any atom is -0.393 e. The van der Waals surface area contributed by atoms with E-state index in [0.717, 1.165) is 12.1 Å². The molecule has 4 aromatic rings. The zero-order chi connectivity index (χ0) is 23.7. The number of fused-ring (bicyclic) bond motifs is 1. The Morgan fingerprint density at radius 2 is 2.03 bits per heavy atom. The van der Waals surface area contributed by atoms with E-state index < -0.39 is 17.4 Å². The Labute approximate surface area is 186 Å². The van der Waals surface area contributed by atoms with Crippen molar-refractivity contribution >= 4 is 34.2 Å². The molecule has 0 unspecified atom stereocenters. The lowest BCUT2D eigenvalue weighted by molar-refractivity contribution is 0.627. The van der Waals surface area contributed by atoms with Crippen LogP contribution in [-0.2, 0) is 0 Å². The van der Waals surface area contributed by atoms with Crippen LogP contribution in [0.25, 0.3) is 16.6 Å². The van der Waals surface area contributed by atoms with Crippen molar-refractivity contribution in [3.05, 3.63) is 64.2 Å². The highest BCUT2D eigenvalue weighted by Crippen LogP contribution is 2.29. The van der Waals surface area contributed by atoms with Crippen molar-refractivity contribution in [3.8, 4) is 11.8 Å². The number of pyridine rings is 1. The minimum atomic E-state index is -0.715. The number of nitrogens with one attached hydrogen (secondary N) is 1. The maximum atomic E-state index is 14.1. The second-order valence-corrected chi connectivity index (χ2v) is 7.12. The van der Waals surface area contributed by atoms with E-state index in [1.165, 1.54) is 10.8 Å². The molecule has 1 atom stereocenters. The summed E-state index contributed by atoms with van der Waals surface area (Å²) < 4.78 is 15.4. The third kappa shape index (κ3) is 3.83. The molecule has 0 saturated heterocycles. The SMILES string of the molecule is CC[C@H](Nc1nc(N)nc(N)c1N)c1nc2c(C#N)cc(F)cc2c(=O)n1-c1cccnc1. The number of benzene rings is 1. The van der Waals surface area contributed by atoms with Gasteiger partial charge in [-0.1, -0.05) is 6.92 Å². The maximum Gasteiger partial charge on any atom is 0.266 e. The first-order chi connectivity index (χ1) is 15.8. The summed E-state index contributed by atoms with van der Waals surface area (Å²) in [5.74, 6) is -0.399. The van der Waals surface area contributed by atoms with E-state index in [-0.39, 0.29) is 45.6 Å². The highest BCUT2D eigenvalue weighted by atomic mass is 19.1. The number of rotatable bonds is 5. The van der Waals surface area contributed by atoms with Crippen LogP contribution in [0.2, 0.25) is 0 Å². The number of nitrogens with zero attached hydrogens (tertiary/aromatic N) is 6. The molecule has 11 nitrogen and oxygen atoms in total. The van der Waals surface area contributed by atoms with Crippen molar-refractivity contribution in [3.63, 3.8) is 0 Å². The molecule has 0 radical (unpaired) electrons. The number of nitriles is 1. The summed E-state index contributed by atoms with van der Waals surface area (Å²) in [6.07, 6.45) is 3.45. The van der Waals surface area contributed by atoms with Crippen LogP contribution in [0, 0.1) is 17.1 Å². The van der Waals surface area contributed by atoms with Crippen LogP contribution in [0.1, 0.15) is 30.8 Å². The molecule has 7 N–H and O–H groups in total. The standard InChI is InChI=1S/C21H19FN10O/c1-2-14(28-18-15(24)17(25)30-21(26)31-18)19-29-16-10(8-23)6-11(22)7-13(16)20(33)32(19)12-4-3-5-27-9-12/h3-7,9,14H,2,24H2,1H3,(H5,25,26,28,30,31)/t14-/m0/s1. The largest absolute Gasteiger partial charge is 0.393 e. The molecule has 3 heterocycles. The lowest BCUT2D eigenvalue weighted by Crippen LogP contribution is -2.29. The second kappa shape index (κ2) is 8.39. The Morgan fingerprint density at radius 1 is 1.24 bits per heavy atom. The fourth-order valence-corrected chi connectivity index (χ4v) is 3.46. The number of halogens is 1. The third-order valence-electron chi connectivity index (χ3n) is 5.01. The molecular formula is C21H19FN10O. The molecule has 0 amide bonds. The molecule has 0 aliphatic carbocycles. The first-order valence-corrected chi connectivity index (χ1v) is 9.85.